The molecule has 0 N–H and O–H groups in total. The van der Waals surface area contributed by atoms with Crippen LogP contribution in [0.1, 0.15) is 31.2 Å². The SMILES string of the molecule is C[N+]1(C)C2CCC1CC(COC(=O)N(Cc1ccccc1)c1cccs1)C2.[I-]. The second-order valence-electron chi connectivity index (χ2n) is 8.45. The molecular weight excluding hydrogens is 483 g/mol. The van der Waals surface area contributed by atoms with Gasteiger partial charge in [-0.3, -0.25) is 4.90 Å². The van der Waals surface area contributed by atoms with Crippen LogP contribution in [0, 0.1) is 5.92 Å². The highest BCUT2D eigenvalue weighted by Gasteiger charge is 2.49. The maximum absolute atomic E-state index is 12.9. The number of benzene rings is 1. The number of piperidine rings is 1. The molecule has 6 heteroatoms. The first-order valence-electron chi connectivity index (χ1n) is 9.89. The van der Waals surface area contributed by atoms with Gasteiger partial charge >= 0.3 is 6.09 Å². The van der Waals surface area contributed by atoms with E-state index < -0.39 is 0 Å². The first-order chi connectivity index (χ1) is 13.0. The zero-order valence-electron chi connectivity index (χ0n) is 16.6. The second-order valence-corrected chi connectivity index (χ2v) is 9.38. The van der Waals surface area contributed by atoms with Crippen molar-refractivity contribution in [3.63, 3.8) is 0 Å². The minimum absolute atomic E-state index is 0. The minimum atomic E-state index is -0.229. The Morgan fingerprint density at radius 3 is 2.39 bits per heavy atom. The number of carbonyl (C=O) groups is 1. The number of thiophene rings is 1. The fourth-order valence-corrected chi connectivity index (χ4v) is 5.54. The number of amides is 1. The van der Waals surface area contributed by atoms with Crippen molar-refractivity contribution in [2.75, 3.05) is 25.6 Å². The normalized spacial score (nSPS) is 25.0. The highest BCUT2D eigenvalue weighted by molar-refractivity contribution is 7.14. The van der Waals surface area contributed by atoms with Crippen LogP contribution < -0.4 is 28.9 Å². The predicted octanol–water partition coefficient (Wildman–Crippen LogP) is 1.91. The van der Waals surface area contributed by atoms with E-state index in [0.29, 0.717) is 19.1 Å². The molecular formula is C22H29IN2O2S. The molecule has 2 unspecified atom stereocenters. The van der Waals surface area contributed by atoms with Gasteiger partial charge in [-0.1, -0.05) is 30.3 Å². The Bertz CT molecular complexity index is 750. The Hall–Kier alpha value is -1.12. The van der Waals surface area contributed by atoms with E-state index in [-0.39, 0.29) is 30.1 Å². The van der Waals surface area contributed by atoms with Crippen LogP contribution in [-0.4, -0.2) is 43.4 Å². The number of anilines is 1. The van der Waals surface area contributed by atoms with Crippen molar-refractivity contribution >= 4 is 22.4 Å². The smallest absolute Gasteiger partial charge is 0.415 e. The van der Waals surface area contributed by atoms with Crippen LogP contribution in [0.15, 0.2) is 47.8 Å². The molecule has 0 radical (unpaired) electrons. The van der Waals surface area contributed by atoms with E-state index in [1.165, 1.54) is 25.7 Å². The van der Waals surface area contributed by atoms with Crippen molar-refractivity contribution in [1.29, 1.82) is 0 Å². The summed E-state index contributed by atoms with van der Waals surface area (Å²) in [7, 11) is 4.73. The number of quaternary nitrogens is 1. The van der Waals surface area contributed by atoms with Gasteiger partial charge < -0.3 is 33.2 Å². The number of carbonyl (C=O) groups excluding carboxylic acids is 1. The quantitative estimate of drug-likeness (QED) is 0.453. The standard InChI is InChI=1S/C22H29N2O2S.HI/c1-24(2)19-10-11-20(24)14-18(13-19)16-26-22(25)23(21-9-6-12-27-21)15-17-7-4-3-5-8-17;/h3-9,12,18-20H,10-11,13-16H2,1-2H3;1H/q+1;/p-1. The first-order valence-corrected chi connectivity index (χ1v) is 10.8. The van der Waals surface area contributed by atoms with Crippen molar-refractivity contribution in [1.82, 2.24) is 0 Å². The second kappa shape index (κ2) is 9.13. The van der Waals surface area contributed by atoms with Gasteiger partial charge in [-0.15, -0.1) is 11.3 Å². The van der Waals surface area contributed by atoms with Crippen LogP contribution in [0.3, 0.4) is 0 Å². The van der Waals surface area contributed by atoms with Gasteiger partial charge in [0.15, 0.2) is 0 Å². The third kappa shape index (κ3) is 4.54. The summed E-state index contributed by atoms with van der Waals surface area (Å²) in [6.07, 6.45) is 4.76. The molecule has 1 amide bonds. The van der Waals surface area contributed by atoms with Crippen LogP contribution in [0.2, 0.25) is 0 Å². The molecule has 3 heterocycles. The molecule has 2 fully saturated rings. The molecule has 2 saturated heterocycles. The van der Waals surface area contributed by atoms with Gasteiger partial charge in [0.05, 0.1) is 39.3 Å². The fraction of sp³-hybridized carbons (Fsp3) is 0.500. The summed E-state index contributed by atoms with van der Waals surface area (Å²) in [6.45, 7) is 1.09. The number of ether oxygens (including phenoxy) is 1. The molecule has 0 aliphatic carbocycles. The zero-order chi connectivity index (χ0) is 18.9. The van der Waals surface area contributed by atoms with Crippen LogP contribution in [-0.2, 0) is 11.3 Å². The van der Waals surface area contributed by atoms with E-state index in [2.05, 4.69) is 14.1 Å². The molecule has 0 saturated carbocycles. The largest absolute Gasteiger partial charge is 1.00 e. The summed E-state index contributed by atoms with van der Waals surface area (Å²) >= 11 is 1.57. The van der Waals surface area contributed by atoms with Crippen molar-refractivity contribution in [3.05, 3.63) is 53.4 Å². The molecule has 1 aromatic carbocycles. The van der Waals surface area contributed by atoms with E-state index >= 15 is 0 Å². The topological polar surface area (TPSA) is 29.5 Å². The number of hydrogen-bond donors (Lipinski definition) is 0. The lowest BCUT2D eigenvalue weighted by Gasteiger charge is -2.44. The molecule has 28 heavy (non-hydrogen) atoms. The molecule has 0 spiro atoms. The van der Waals surface area contributed by atoms with E-state index in [9.17, 15) is 4.79 Å². The molecule has 4 nitrogen and oxygen atoms in total. The third-order valence-corrected chi connectivity index (χ3v) is 7.44. The number of hydrogen-bond acceptors (Lipinski definition) is 3. The van der Waals surface area contributed by atoms with Crippen LogP contribution in [0.5, 0.6) is 0 Å². The molecule has 2 atom stereocenters. The highest BCUT2D eigenvalue weighted by atomic mass is 127. The van der Waals surface area contributed by atoms with Crippen molar-refractivity contribution in [3.8, 4) is 0 Å². The van der Waals surface area contributed by atoms with E-state index in [4.69, 9.17) is 4.74 Å². The fourth-order valence-electron chi connectivity index (χ4n) is 4.82. The zero-order valence-corrected chi connectivity index (χ0v) is 19.6. The van der Waals surface area contributed by atoms with Gasteiger partial charge in [0.1, 0.15) is 5.00 Å². The summed E-state index contributed by atoms with van der Waals surface area (Å²) in [4.78, 5) is 14.7. The maximum atomic E-state index is 12.9. The Balaban J connectivity index is 0.00000225. The van der Waals surface area contributed by atoms with E-state index in [0.717, 1.165) is 27.1 Å². The lowest BCUT2D eigenvalue weighted by molar-refractivity contribution is -0.931. The number of halogens is 1. The van der Waals surface area contributed by atoms with Crippen LogP contribution in [0.25, 0.3) is 0 Å². The van der Waals surface area contributed by atoms with Crippen LogP contribution in [0.4, 0.5) is 9.80 Å². The Kier molecular flexibility index (Phi) is 7.04. The Labute approximate surface area is 189 Å². The van der Waals surface area contributed by atoms with Gasteiger partial charge in [0, 0.05) is 31.6 Å². The summed E-state index contributed by atoms with van der Waals surface area (Å²) in [6, 6.07) is 15.5. The molecule has 1 aromatic heterocycles. The third-order valence-electron chi connectivity index (χ3n) is 6.54. The molecule has 4 rings (SSSR count). The van der Waals surface area contributed by atoms with E-state index in [1.54, 1.807) is 16.2 Å². The van der Waals surface area contributed by atoms with Gasteiger partial charge in [-0.05, 0) is 23.1 Å². The number of nitrogens with zero attached hydrogens (tertiary/aromatic N) is 2. The van der Waals surface area contributed by atoms with Crippen molar-refractivity contribution in [2.45, 2.75) is 44.3 Å². The maximum Gasteiger partial charge on any atom is 0.415 e. The Morgan fingerprint density at radius 1 is 1.11 bits per heavy atom. The summed E-state index contributed by atoms with van der Waals surface area (Å²) in [5, 5.41) is 2.93. The van der Waals surface area contributed by atoms with Gasteiger partial charge in [-0.25, -0.2) is 4.79 Å². The van der Waals surface area contributed by atoms with Crippen molar-refractivity contribution in [2.24, 2.45) is 5.92 Å². The molecule has 2 bridgehead atoms. The van der Waals surface area contributed by atoms with Gasteiger partial charge in [0.2, 0.25) is 0 Å². The summed E-state index contributed by atoms with van der Waals surface area (Å²) in [5.74, 6) is 0.500. The molecule has 2 aliphatic heterocycles. The molecule has 152 valence electrons. The van der Waals surface area contributed by atoms with Gasteiger partial charge in [-0.2, -0.15) is 0 Å². The summed E-state index contributed by atoms with van der Waals surface area (Å²) in [5.41, 5.74) is 1.11. The number of fused-ring (bicyclic) bond motifs is 2. The molecule has 2 aliphatic rings. The number of rotatable bonds is 5. The summed E-state index contributed by atoms with van der Waals surface area (Å²) < 4.78 is 6.97. The lowest BCUT2D eigenvalue weighted by atomic mass is 9.90. The average Bonchev–Trinajstić information content (AvgIpc) is 3.21. The Morgan fingerprint density at radius 2 is 1.79 bits per heavy atom. The monoisotopic (exact) mass is 512 g/mol. The van der Waals surface area contributed by atoms with Gasteiger partial charge in [0.25, 0.3) is 0 Å². The predicted molar refractivity (Wildman–Crippen MR) is 110 cm³/mol. The van der Waals surface area contributed by atoms with Crippen LogP contribution >= 0.6 is 11.3 Å². The molecule has 2 aromatic rings. The van der Waals surface area contributed by atoms with Crippen molar-refractivity contribution < 1.29 is 38.0 Å². The lowest BCUT2D eigenvalue weighted by Crippen LogP contribution is -3.00. The minimum Gasteiger partial charge on any atom is -1.00 e. The van der Waals surface area contributed by atoms with E-state index in [1.807, 2.05) is 47.8 Å². The average molecular weight is 512 g/mol. The highest BCUT2D eigenvalue weighted by Crippen LogP contribution is 2.42. The first kappa shape index (κ1) is 21.6.